The summed E-state index contributed by atoms with van der Waals surface area (Å²) in [6, 6.07) is 5.33. The second kappa shape index (κ2) is 7.95. The Morgan fingerprint density at radius 3 is 2.62 bits per heavy atom. The van der Waals surface area contributed by atoms with E-state index in [4.69, 9.17) is 12.2 Å². The van der Waals surface area contributed by atoms with E-state index < -0.39 is 28.3 Å². The Hall–Kier alpha value is -2.95. The second-order valence-electron chi connectivity index (χ2n) is 5.08. The van der Waals surface area contributed by atoms with E-state index in [0.29, 0.717) is 6.07 Å². The lowest BCUT2D eigenvalue weighted by Gasteiger charge is -2.11. The van der Waals surface area contributed by atoms with Gasteiger partial charge in [-0.05, 0) is 24.3 Å². The van der Waals surface area contributed by atoms with Gasteiger partial charge in [0, 0.05) is 25.4 Å². The fourth-order valence-corrected chi connectivity index (χ4v) is 2.31. The number of aromatic nitrogens is 1. The first-order valence-electron chi connectivity index (χ1n) is 7.25. The number of halogens is 3. The summed E-state index contributed by atoms with van der Waals surface area (Å²) in [6.45, 7) is 0.155. The van der Waals surface area contributed by atoms with Crippen molar-refractivity contribution < 1.29 is 22.9 Å². The highest BCUT2D eigenvalue weighted by atomic mass is 32.1. The van der Waals surface area contributed by atoms with Crippen LogP contribution in [0.3, 0.4) is 0 Å². The van der Waals surface area contributed by atoms with Gasteiger partial charge >= 0.3 is 6.18 Å². The number of H-pyrrole nitrogens is 1. The number of benzene rings is 1. The lowest BCUT2D eigenvalue weighted by atomic mass is 10.1. The van der Waals surface area contributed by atoms with Crippen LogP contribution in [0.1, 0.15) is 15.9 Å². The molecule has 2 aromatic rings. The van der Waals surface area contributed by atoms with Gasteiger partial charge in [0.05, 0.1) is 16.1 Å². The summed E-state index contributed by atoms with van der Waals surface area (Å²) in [5.74, 6) is -0.435. The highest BCUT2D eigenvalue weighted by Gasteiger charge is 2.32. The summed E-state index contributed by atoms with van der Waals surface area (Å²) in [4.78, 5) is 24.7. The highest BCUT2D eigenvalue weighted by molar-refractivity contribution is 7.71. The van der Waals surface area contributed by atoms with Crippen molar-refractivity contribution in [1.82, 2.24) is 10.3 Å². The summed E-state index contributed by atoms with van der Waals surface area (Å²) in [7, 11) is 0. The molecule has 0 aliphatic heterocycles. The standard InChI is InChI=1S/C15H13F3N4O3S/c16-15(17,18)9-3-4-11(12(8-9)22(24)25)19-6-7-20-13(23)10-2-1-5-21-14(10)26/h1-5,8,19H,6-7H2,(H,20,23)(H,21,26). The molecule has 0 saturated heterocycles. The van der Waals surface area contributed by atoms with E-state index in [0.717, 1.165) is 12.1 Å². The first-order valence-corrected chi connectivity index (χ1v) is 7.66. The molecule has 0 aliphatic carbocycles. The van der Waals surface area contributed by atoms with Crippen molar-refractivity contribution in [3.63, 3.8) is 0 Å². The molecular weight excluding hydrogens is 373 g/mol. The van der Waals surface area contributed by atoms with Crippen LogP contribution in [0.5, 0.6) is 0 Å². The van der Waals surface area contributed by atoms with Crippen molar-refractivity contribution in [2.24, 2.45) is 0 Å². The number of nitrogens with zero attached hydrogens (tertiary/aromatic N) is 1. The highest BCUT2D eigenvalue weighted by Crippen LogP contribution is 2.34. The van der Waals surface area contributed by atoms with Crippen LogP contribution >= 0.6 is 12.2 Å². The number of carbonyl (C=O) groups is 1. The van der Waals surface area contributed by atoms with E-state index in [1.54, 1.807) is 12.3 Å². The Labute approximate surface area is 150 Å². The molecule has 11 heteroatoms. The van der Waals surface area contributed by atoms with Crippen molar-refractivity contribution in [1.29, 1.82) is 0 Å². The number of aromatic amines is 1. The van der Waals surface area contributed by atoms with E-state index in [9.17, 15) is 28.1 Å². The van der Waals surface area contributed by atoms with E-state index in [1.165, 1.54) is 6.07 Å². The minimum atomic E-state index is -4.67. The summed E-state index contributed by atoms with van der Waals surface area (Å²) in [5, 5.41) is 16.2. The Kier molecular flexibility index (Phi) is 5.93. The van der Waals surface area contributed by atoms with Crippen LogP contribution in [-0.2, 0) is 6.18 Å². The van der Waals surface area contributed by atoms with Gasteiger partial charge in [0.1, 0.15) is 10.3 Å². The predicted molar refractivity (Wildman–Crippen MR) is 90.5 cm³/mol. The third kappa shape index (κ3) is 4.79. The quantitative estimate of drug-likeness (QED) is 0.305. The summed E-state index contributed by atoms with van der Waals surface area (Å²) in [5.41, 5.74) is -1.62. The third-order valence-corrected chi connectivity index (χ3v) is 3.65. The van der Waals surface area contributed by atoms with Gasteiger partial charge in [-0.2, -0.15) is 13.2 Å². The lowest BCUT2D eigenvalue weighted by molar-refractivity contribution is -0.384. The number of pyridine rings is 1. The SMILES string of the molecule is O=C(NCCNc1ccc(C(F)(F)F)cc1[N+](=O)[O-])c1ccc[nH]c1=S. The molecule has 0 atom stereocenters. The largest absolute Gasteiger partial charge is 0.416 e. The Morgan fingerprint density at radius 1 is 1.27 bits per heavy atom. The number of nitro groups is 1. The van der Waals surface area contributed by atoms with Crippen molar-refractivity contribution in [2.75, 3.05) is 18.4 Å². The minimum absolute atomic E-state index is 0.0707. The molecule has 1 amide bonds. The van der Waals surface area contributed by atoms with Crippen LogP contribution in [0.4, 0.5) is 24.5 Å². The first kappa shape index (κ1) is 19.4. The molecule has 0 radical (unpaired) electrons. The number of rotatable bonds is 6. The maximum Gasteiger partial charge on any atom is 0.416 e. The molecule has 7 nitrogen and oxygen atoms in total. The van der Waals surface area contributed by atoms with Crippen molar-refractivity contribution in [3.05, 3.63) is 62.4 Å². The molecule has 3 N–H and O–H groups in total. The average Bonchev–Trinajstić information content (AvgIpc) is 2.58. The molecule has 0 saturated carbocycles. The van der Waals surface area contributed by atoms with Gasteiger partial charge in [0.15, 0.2) is 0 Å². The van der Waals surface area contributed by atoms with Gasteiger partial charge in [-0.25, -0.2) is 0 Å². The normalized spacial score (nSPS) is 11.0. The van der Waals surface area contributed by atoms with Gasteiger partial charge in [-0.3, -0.25) is 14.9 Å². The Morgan fingerprint density at radius 2 is 2.00 bits per heavy atom. The molecule has 138 valence electrons. The van der Waals surface area contributed by atoms with Crippen LogP contribution < -0.4 is 10.6 Å². The first-order chi connectivity index (χ1) is 12.2. The van der Waals surface area contributed by atoms with Gasteiger partial charge in [0.2, 0.25) is 0 Å². The summed E-state index contributed by atoms with van der Waals surface area (Å²) in [6.07, 6.45) is -3.10. The van der Waals surface area contributed by atoms with Gasteiger partial charge in [0.25, 0.3) is 11.6 Å². The van der Waals surface area contributed by atoms with Crippen LogP contribution in [-0.4, -0.2) is 28.9 Å². The molecule has 2 rings (SSSR count). The second-order valence-corrected chi connectivity index (χ2v) is 5.49. The summed E-state index contributed by atoms with van der Waals surface area (Å²) < 4.78 is 38.2. The molecular formula is C15H13F3N4O3S. The number of carbonyl (C=O) groups excluding carboxylic acids is 1. The van der Waals surface area contributed by atoms with E-state index in [2.05, 4.69) is 15.6 Å². The zero-order chi connectivity index (χ0) is 19.3. The zero-order valence-corrected chi connectivity index (χ0v) is 13.9. The molecule has 26 heavy (non-hydrogen) atoms. The van der Waals surface area contributed by atoms with Crippen LogP contribution in [0, 0.1) is 14.8 Å². The molecule has 0 aliphatic rings. The lowest BCUT2D eigenvalue weighted by Crippen LogP contribution is -2.29. The Balaban J connectivity index is 1.99. The van der Waals surface area contributed by atoms with Crippen LogP contribution in [0.25, 0.3) is 0 Å². The van der Waals surface area contributed by atoms with Crippen LogP contribution in [0.2, 0.25) is 0 Å². The maximum absolute atomic E-state index is 12.7. The maximum atomic E-state index is 12.7. The topological polar surface area (TPSA) is 100 Å². The van der Waals surface area contributed by atoms with Gasteiger partial charge in [-0.1, -0.05) is 12.2 Å². The summed E-state index contributed by atoms with van der Waals surface area (Å²) >= 11 is 4.97. The van der Waals surface area contributed by atoms with E-state index in [1.807, 2.05) is 0 Å². The number of hydrogen-bond donors (Lipinski definition) is 3. The number of hydrogen-bond acceptors (Lipinski definition) is 5. The fraction of sp³-hybridized carbons (Fsp3) is 0.200. The minimum Gasteiger partial charge on any atom is -0.378 e. The number of amides is 1. The number of nitrogens with one attached hydrogen (secondary N) is 3. The molecule has 1 aromatic carbocycles. The fourth-order valence-electron chi connectivity index (χ4n) is 2.08. The van der Waals surface area contributed by atoms with E-state index >= 15 is 0 Å². The van der Waals surface area contributed by atoms with Crippen molar-refractivity contribution in [3.8, 4) is 0 Å². The van der Waals surface area contributed by atoms with Gasteiger partial charge < -0.3 is 15.6 Å². The molecule has 0 unspecified atom stereocenters. The molecule has 1 aromatic heterocycles. The van der Waals surface area contributed by atoms with Gasteiger partial charge in [-0.15, -0.1) is 0 Å². The predicted octanol–water partition coefficient (Wildman–Crippen LogP) is 3.51. The van der Waals surface area contributed by atoms with Crippen molar-refractivity contribution >= 4 is 29.5 Å². The number of anilines is 1. The third-order valence-electron chi connectivity index (χ3n) is 3.31. The number of alkyl halides is 3. The number of nitro benzene ring substituents is 1. The zero-order valence-electron chi connectivity index (χ0n) is 13.1. The molecule has 0 spiro atoms. The molecule has 0 bridgehead atoms. The van der Waals surface area contributed by atoms with E-state index in [-0.39, 0.29) is 29.0 Å². The molecule has 1 heterocycles. The monoisotopic (exact) mass is 386 g/mol. The molecule has 0 fully saturated rings. The Bertz CT molecular complexity index is 883. The van der Waals surface area contributed by atoms with Crippen LogP contribution in [0.15, 0.2) is 36.5 Å². The smallest absolute Gasteiger partial charge is 0.378 e. The van der Waals surface area contributed by atoms with Crippen molar-refractivity contribution in [2.45, 2.75) is 6.18 Å². The average molecular weight is 386 g/mol.